The van der Waals surface area contributed by atoms with Crippen LogP contribution in [0.4, 0.5) is 5.82 Å². The van der Waals surface area contributed by atoms with Crippen molar-refractivity contribution in [2.45, 2.75) is 30.5 Å². The maximum absolute atomic E-state index is 12.4. The van der Waals surface area contributed by atoms with Gasteiger partial charge in [-0.3, -0.25) is 4.79 Å². The number of aromatic nitrogens is 3. The molecule has 3 aromatic rings. The molecule has 0 saturated heterocycles. The second-order valence-electron chi connectivity index (χ2n) is 4.64. The largest absolute Gasteiger partial charge is 0.360 e. The molecule has 114 valence electrons. The van der Waals surface area contributed by atoms with Crippen molar-refractivity contribution in [2.75, 3.05) is 5.32 Å². The zero-order valence-electron chi connectivity index (χ0n) is 12.1. The van der Waals surface area contributed by atoms with Crippen molar-refractivity contribution in [1.82, 2.24) is 15.1 Å². The summed E-state index contributed by atoms with van der Waals surface area (Å²) < 4.78 is 5.96. The fraction of sp³-hybridized carbons (Fsp3) is 0.286. The average molecular weight is 334 g/mol. The normalized spacial score (nSPS) is 12.5. The third kappa shape index (κ3) is 3.12. The predicted octanol–water partition coefficient (Wildman–Crippen LogP) is 3.50. The SMILES string of the molecule is CC[C@@H](Sc1ncnc2ccsc12)C(=O)Nc1cc(C)on1. The molecule has 8 heteroatoms. The zero-order valence-corrected chi connectivity index (χ0v) is 13.7. The standard InChI is InChI=1S/C14H14N4O2S2/c1-3-10(13(19)17-11-6-8(2)20-18-11)22-14-12-9(4-5-21-12)15-7-16-14/h4-7,10H,3H2,1-2H3,(H,17,18,19)/t10-/m1/s1. The van der Waals surface area contributed by atoms with Crippen molar-refractivity contribution in [3.05, 3.63) is 29.6 Å². The Morgan fingerprint density at radius 1 is 1.50 bits per heavy atom. The van der Waals surface area contributed by atoms with Crippen molar-refractivity contribution >= 4 is 45.0 Å². The van der Waals surface area contributed by atoms with E-state index in [-0.39, 0.29) is 11.2 Å². The summed E-state index contributed by atoms with van der Waals surface area (Å²) in [7, 11) is 0. The van der Waals surface area contributed by atoms with Crippen LogP contribution in [0.1, 0.15) is 19.1 Å². The number of nitrogens with zero attached hydrogens (tertiary/aromatic N) is 3. The van der Waals surface area contributed by atoms with Crippen molar-refractivity contribution in [2.24, 2.45) is 0 Å². The molecule has 0 unspecified atom stereocenters. The Balaban J connectivity index is 1.76. The summed E-state index contributed by atoms with van der Waals surface area (Å²) in [5.74, 6) is 0.988. The molecule has 1 amide bonds. The molecule has 0 saturated carbocycles. The lowest BCUT2D eigenvalue weighted by Crippen LogP contribution is -2.24. The van der Waals surface area contributed by atoms with Gasteiger partial charge in [-0.2, -0.15) is 0 Å². The second kappa shape index (κ2) is 6.45. The Kier molecular flexibility index (Phi) is 4.39. The number of aryl methyl sites for hydroxylation is 1. The molecule has 0 radical (unpaired) electrons. The summed E-state index contributed by atoms with van der Waals surface area (Å²) in [5, 5.41) is 9.11. The summed E-state index contributed by atoms with van der Waals surface area (Å²) in [5.41, 5.74) is 0.907. The quantitative estimate of drug-likeness (QED) is 0.568. The second-order valence-corrected chi connectivity index (χ2v) is 6.75. The fourth-order valence-electron chi connectivity index (χ4n) is 1.94. The maximum atomic E-state index is 12.4. The molecule has 0 aliphatic carbocycles. The van der Waals surface area contributed by atoms with Crippen LogP contribution in [0.5, 0.6) is 0 Å². The first kappa shape index (κ1) is 15.0. The fourth-order valence-corrected chi connectivity index (χ4v) is 3.88. The Morgan fingerprint density at radius 3 is 3.09 bits per heavy atom. The van der Waals surface area contributed by atoms with Crippen LogP contribution in [0.2, 0.25) is 0 Å². The van der Waals surface area contributed by atoms with E-state index in [1.165, 1.54) is 18.1 Å². The third-order valence-corrected chi connectivity index (χ3v) is 5.41. The third-order valence-electron chi connectivity index (χ3n) is 3.01. The molecule has 1 N–H and O–H groups in total. The van der Waals surface area contributed by atoms with Gasteiger partial charge in [-0.05, 0) is 24.8 Å². The molecule has 0 aromatic carbocycles. The molecular weight excluding hydrogens is 320 g/mol. The molecular formula is C14H14N4O2S2. The lowest BCUT2D eigenvalue weighted by atomic mass is 10.3. The summed E-state index contributed by atoms with van der Waals surface area (Å²) in [6, 6.07) is 3.64. The van der Waals surface area contributed by atoms with Gasteiger partial charge in [-0.1, -0.05) is 23.8 Å². The van der Waals surface area contributed by atoms with Crippen molar-refractivity contribution < 1.29 is 9.32 Å². The highest BCUT2D eigenvalue weighted by atomic mass is 32.2. The lowest BCUT2D eigenvalue weighted by Gasteiger charge is -2.13. The predicted molar refractivity (Wildman–Crippen MR) is 87.2 cm³/mol. The van der Waals surface area contributed by atoms with Crippen LogP contribution in [-0.4, -0.2) is 26.3 Å². The van der Waals surface area contributed by atoms with E-state index in [2.05, 4.69) is 20.4 Å². The Bertz CT molecular complexity index is 799. The maximum Gasteiger partial charge on any atom is 0.239 e. The van der Waals surface area contributed by atoms with E-state index < -0.39 is 0 Å². The van der Waals surface area contributed by atoms with Gasteiger partial charge in [0.15, 0.2) is 5.82 Å². The van der Waals surface area contributed by atoms with E-state index in [9.17, 15) is 4.79 Å². The molecule has 3 heterocycles. The molecule has 0 spiro atoms. The molecule has 0 aliphatic rings. The summed E-state index contributed by atoms with van der Waals surface area (Å²) >= 11 is 3.03. The first-order valence-corrected chi connectivity index (χ1v) is 8.52. The summed E-state index contributed by atoms with van der Waals surface area (Å²) in [6.07, 6.45) is 2.22. The van der Waals surface area contributed by atoms with Gasteiger partial charge in [0.1, 0.15) is 17.1 Å². The van der Waals surface area contributed by atoms with Gasteiger partial charge in [0.05, 0.1) is 15.5 Å². The molecule has 0 fully saturated rings. The van der Waals surface area contributed by atoms with Crippen LogP contribution in [0.15, 0.2) is 33.4 Å². The molecule has 0 bridgehead atoms. The van der Waals surface area contributed by atoms with Crippen LogP contribution in [0.3, 0.4) is 0 Å². The Hall–Kier alpha value is -1.93. The number of thioether (sulfide) groups is 1. The first-order chi connectivity index (χ1) is 10.7. The van der Waals surface area contributed by atoms with E-state index in [1.807, 2.05) is 18.4 Å². The number of nitrogens with one attached hydrogen (secondary N) is 1. The smallest absolute Gasteiger partial charge is 0.239 e. The average Bonchev–Trinajstić information content (AvgIpc) is 3.13. The molecule has 6 nitrogen and oxygen atoms in total. The van der Waals surface area contributed by atoms with Gasteiger partial charge in [0.25, 0.3) is 0 Å². The van der Waals surface area contributed by atoms with Crippen LogP contribution < -0.4 is 5.32 Å². The lowest BCUT2D eigenvalue weighted by molar-refractivity contribution is -0.115. The monoisotopic (exact) mass is 334 g/mol. The number of fused-ring (bicyclic) bond motifs is 1. The number of hydrogen-bond acceptors (Lipinski definition) is 7. The number of carbonyl (C=O) groups is 1. The summed E-state index contributed by atoms with van der Waals surface area (Å²) in [4.78, 5) is 20.9. The first-order valence-electron chi connectivity index (χ1n) is 6.76. The zero-order chi connectivity index (χ0) is 15.5. The Morgan fingerprint density at radius 2 is 2.36 bits per heavy atom. The van der Waals surface area contributed by atoms with Crippen LogP contribution in [-0.2, 0) is 4.79 Å². The molecule has 1 atom stereocenters. The number of hydrogen-bond donors (Lipinski definition) is 1. The van der Waals surface area contributed by atoms with E-state index in [0.29, 0.717) is 18.0 Å². The molecule has 3 aromatic heterocycles. The van der Waals surface area contributed by atoms with E-state index in [1.54, 1.807) is 24.3 Å². The highest BCUT2D eigenvalue weighted by Crippen LogP contribution is 2.32. The molecule has 22 heavy (non-hydrogen) atoms. The minimum atomic E-state index is -0.253. The number of rotatable bonds is 5. The molecule has 0 aliphatic heterocycles. The summed E-state index contributed by atoms with van der Waals surface area (Å²) in [6.45, 7) is 3.75. The Labute approximate surface area is 135 Å². The van der Waals surface area contributed by atoms with Gasteiger partial charge in [-0.25, -0.2) is 9.97 Å². The molecule has 3 rings (SSSR count). The van der Waals surface area contributed by atoms with E-state index in [4.69, 9.17) is 4.52 Å². The number of carbonyl (C=O) groups excluding carboxylic acids is 1. The van der Waals surface area contributed by atoms with E-state index >= 15 is 0 Å². The minimum Gasteiger partial charge on any atom is -0.360 e. The van der Waals surface area contributed by atoms with Crippen molar-refractivity contribution in [1.29, 1.82) is 0 Å². The highest BCUT2D eigenvalue weighted by Gasteiger charge is 2.21. The van der Waals surface area contributed by atoms with Gasteiger partial charge in [0.2, 0.25) is 5.91 Å². The highest BCUT2D eigenvalue weighted by molar-refractivity contribution is 8.00. The van der Waals surface area contributed by atoms with Gasteiger partial charge in [-0.15, -0.1) is 11.3 Å². The number of amides is 1. The number of thiophene rings is 1. The number of anilines is 1. The van der Waals surface area contributed by atoms with Gasteiger partial charge in [0, 0.05) is 6.07 Å². The van der Waals surface area contributed by atoms with Gasteiger partial charge >= 0.3 is 0 Å². The van der Waals surface area contributed by atoms with E-state index in [0.717, 1.165) is 15.2 Å². The van der Waals surface area contributed by atoms with Crippen LogP contribution in [0.25, 0.3) is 10.2 Å². The topological polar surface area (TPSA) is 80.9 Å². The van der Waals surface area contributed by atoms with Crippen LogP contribution in [0, 0.1) is 6.92 Å². The van der Waals surface area contributed by atoms with Gasteiger partial charge < -0.3 is 9.84 Å². The van der Waals surface area contributed by atoms with Crippen molar-refractivity contribution in [3.63, 3.8) is 0 Å². The van der Waals surface area contributed by atoms with Crippen molar-refractivity contribution in [3.8, 4) is 0 Å². The minimum absolute atomic E-state index is 0.107. The van der Waals surface area contributed by atoms with Crippen LogP contribution >= 0.6 is 23.1 Å².